The van der Waals surface area contributed by atoms with Gasteiger partial charge in [0.25, 0.3) is 0 Å². The first kappa shape index (κ1) is 7.51. The normalized spacial score (nSPS) is 43.7. The van der Waals surface area contributed by atoms with Crippen molar-refractivity contribution in [3.8, 4) is 0 Å². The van der Waals surface area contributed by atoms with Gasteiger partial charge in [0.2, 0.25) is 0 Å². The third-order valence-electron chi connectivity index (χ3n) is 1.74. The lowest BCUT2D eigenvalue weighted by molar-refractivity contribution is 0.0899. The third-order valence-corrected chi connectivity index (χ3v) is 2.73. The van der Waals surface area contributed by atoms with Crippen LogP contribution in [0.4, 0.5) is 0 Å². The van der Waals surface area contributed by atoms with Crippen LogP contribution < -0.4 is 0 Å². The number of hydrogen-bond donors (Lipinski definition) is 1. The first-order chi connectivity index (χ1) is 4.24. The summed E-state index contributed by atoms with van der Waals surface area (Å²) in [4.78, 5) is 0.238. The molecule has 0 bridgehead atoms. The zero-order valence-corrected chi connectivity index (χ0v) is 6.97. The van der Waals surface area contributed by atoms with E-state index in [-0.39, 0.29) is 17.0 Å². The summed E-state index contributed by atoms with van der Waals surface area (Å²) in [6, 6.07) is 0. The van der Waals surface area contributed by atoms with Crippen molar-refractivity contribution in [2.24, 2.45) is 0 Å². The van der Waals surface area contributed by atoms with E-state index in [9.17, 15) is 5.11 Å². The van der Waals surface area contributed by atoms with Gasteiger partial charge in [0.1, 0.15) is 0 Å². The quantitative estimate of drug-likeness (QED) is 0.630. The van der Waals surface area contributed by atoms with E-state index < -0.39 is 0 Å². The van der Waals surface area contributed by atoms with Crippen molar-refractivity contribution in [3.63, 3.8) is 0 Å². The zero-order chi connectivity index (χ0) is 6.85. The molecule has 0 radical (unpaired) electrons. The molecule has 0 aliphatic heterocycles. The van der Waals surface area contributed by atoms with Crippen molar-refractivity contribution in [1.82, 2.24) is 0 Å². The molecule has 1 rings (SSSR count). The molecule has 3 heteroatoms. The summed E-state index contributed by atoms with van der Waals surface area (Å²) < 4.78 is 5.06. The molecular weight excluding hydrogens is 184 g/mol. The minimum atomic E-state index is -0.213. The summed E-state index contributed by atoms with van der Waals surface area (Å²) in [6.07, 6.45) is 1.74. The average Bonchev–Trinajstić information content (AvgIpc) is 2.13. The fraction of sp³-hybridized carbons (Fsp3) is 1.00. The Labute approximate surface area is 63.3 Å². The Morgan fingerprint density at radius 1 is 1.56 bits per heavy atom. The van der Waals surface area contributed by atoms with Crippen LogP contribution in [0.2, 0.25) is 0 Å². The van der Waals surface area contributed by atoms with Crippen molar-refractivity contribution in [2.75, 3.05) is 7.11 Å². The SMILES string of the molecule is COC1CC(O)C(Br)C1. The Morgan fingerprint density at radius 3 is 2.44 bits per heavy atom. The first-order valence-electron chi connectivity index (χ1n) is 3.09. The summed E-state index contributed by atoms with van der Waals surface area (Å²) >= 11 is 3.35. The first-order valence-corrected chi connectivity index (χ1v) is 4.00. The van der Waals surface area contributed by atoms with Crippen LogP contribution in [-0.2, 0) is 4.74 Å². The predicted octanol–water partition coefficient (Wildman–Crippen LogP) is 0.920. The molecule has 0 amide bonds. The van der Waals surface area contributed by atoms with Crippen LogP contribution in [0.25, 0.3) is 0 Å². The summed E-state index contributed by atoms with van der Waals surface area (Å²) in [5.74, 6) is 0. The van der Waals surface area contributed by atoms with Crippen molar-refractivity contribution in [1.29, 1.82) is 0 Å². The molecule has 1 fully saturated rings. The van der Waals surface area contributed by atoms with E-state index in [0.717, 1.165) is 12.8 Å². The summed E-state index contributed by atoms with van der Waals surface area (Å²) in [5.41, 5.74) is 0. The molecule has 1 saturated carbocycles. The molecule has 9 heavy (non-hydrogen) atoms. The number of alkyl halides is 1. The van der Waals surface area contributed by atoms with E-state index in [1.165, 1.54) is 0 Å². The fourth-order valence-corrected chi connectivity index (χ4v) is 1.75. The van der Waals surface area contributed by atoms with Crippen LogP contribution in [0.15, 0.2) is 0 Å². The van der Waals surface area contributed by atoms with Gasteiger partial charge in [-0.2, -0.15) is 0 Å². The Bertz CT molecular complexity index is 87.1. The lowest BCUT2D eigenvalue weighted by Crippen LogP contribution is -2.11. The fourth-order valence-electron chi connectivity index (χ4n) is 1.11. The maximum absolute atomic E-state index is 9.17. The van der Waals surface area contributed by atoms with Gasteiger partial charge >= 0.3 is 0 Å². The maximum Gasteiger partial charge on any atom is 0.0690 e. The van der Waals surface area contributed by atoms with Crippen LogP contribution in [0, 0.1) is 0 Å². The van der Waals surface area contributed by atoms with Gasteiger partial charge in [0, 0.05) is 18.4 Å². The molecule has 1 aliphatic carbocycles. The molecule has 2 nitrogen and oxygen atoms in total. The number of rotatable bonds is 1. The molecule has 0 spiro atoms. The topological polar surface area (TPSA) is 29.5 Å². The van der Waals surface area contributed by atoms with Crippen molar-refractivity contribution in [2.45, 2.75) is 29.9 Å². The second kappa shape index (κ2) is 2.99. The Morgan fingerprint density at radius 2 is 2.22 bits per heavy atom. The Kier molecular flexibility index (Phi) is 2.50. The third kappa shape index (κ3) is 1.66. The molecule has 1 aliphatic rings. The second-order valence-electron chi connectivity index (χ2n) is 2.41. The molecule has 3 atom stereocenters. The Balaban J connectivity index is 2.35. The molecule has 0 heterocycles. The summed E-state index contributed by atoms with van der Waals surface area (Å²) in [5, 5.41) is 9.17. The number of ether oxygens (including phenoxy) is 1. The number of methoxy groups -OCH3 is 1. The van der Waals surface area contributed by atoms with Crippen LogP contribution in [0.1, 0.15) is 12.8 Å². The standard InChI is InChI=1S/C6H11BrO2/c1-9-4-2-5(7)6(8)3-4/h4-6,8H,2-3H2,1H3. The summed E-state index contributed by atoms with van der Waals surface area (Å²) in [7, 11) is 1.68. The minimum Gasteiger partial charge on any atom is -0.392 e. The molecule has 0 aromatic heterocycles. The highest BCUT2D eigenvalue weighted by molar-refractivity contribution is 9.09. The smallest absolute Gasteiger partial charge is 0.0690 e. The van der Waals surface area contributed by atoms with Gasteiger partial charge < -0.3 is 9.84 Å². The van der Waals surface area contributed by atoms with Crippen molar-refractivity contribution in [3.05, 3.63) is 0 Å². The molecule has 0 aromatic rings. The number of hydrogen-bond acceptors (Lipinski definition) is 2. The van der Waals surface area contributed by atoms with Crippen LogP contribution >= 0.6 is 15.9 Å². The molecule has 0 aromatic carbocycles. The molecular formula is C6H11BrO2. The average molecular weight is 195 g/mol. The van der Waals surface area contributed by atoms with Crippen molar-refractivity contribution >= 4 is 15.9 Å². The molecule has 54 valence electrons. The van der Waals surface area contributed by atoms with Crippen LogP contribution in [0.5, 0.6) is 0 Å². The van der Waals surface area contributed by atoms with E-state index in [1.54, 1.807) is 7.11 Å². The van der Waals surface area contributed by atoms with Gasteiger partial charge in [-0.3, -0.25) is 0 Å². The number of halogens is 1. The van der Waals surface area contributed by atoms with Gasteiger partial charge in [-0.05, 0) is 6.42 Å². The van der Waals surface area contributed by atoms with Crippen LogP contribution in [-0.4, -0.2) is 29.3 Å². The van der Waals surface area contributed by atoms with Gasteiger partial charge in [-0.1, -0.05) is 15.9 Å². The van der Waals surface area contributed by atoms with E-state index in [2.05, 4.69) is 15.9 Å². The van der Waals surface area contributed by atoms with E-state index in [4.69, 9.17) is 4.74 Å². The lowest BCUT2D eigenvalue weighted by atomic mass is 10.3. The minimum absolute atomic E-state index is 0.213. The molecule has 3 unspecified atom stereocenters. The van der Waals surface area contributed by atoms with Gasteiger partial charge in [-0.15, -0.1) is 0 Å². The second-order valence-corrected chi connectivity index (χ2v) is 3.59. The van der Waals surface area contributed by atoms with E-state index in [1.807, 2.05) is 0 Å². The number of aliphatic hydroxyl groups excluding tert-OH is 1. The highest BCUT2D eigenvalue weighted by Gasteiger charge is 2.30. The highest BCUT2D eigenvalue weighted by Crippen LogP contribution is 2.27. The zero-order valence-electron chi connectivity index (χ0n) is 5.38. The molecule has 0 saturated heterocycles. The van der Waals surface area contributed by atoms with Gasteiger partial charge in [0.15, 0.2) is 0 Å². The summed E-state index contributed by atoms with van der Waals surface area (Å²) in [6.45, 7) is 0. The monoisotopic (exact) mass is 194 g/mol. The van der Waals surface area contributed by atoms with E-state index in [0.29, 0.717) is 0 Å². The van der Waals surface area contributed by atoms with Gasteiger partial charge in [0.05, 0.1) is 12.2 Å². The predicted molar refractivity (Wildman–Crippen MR) is 38.8 cm³/mol. The van der Waals surface area contributed by atoms with Gasteiger partial charge in [-0.25, -0.2) is 0 Å². The van der Waals surface area contributed by atoms with Crippen molar-refractivity contribution < 1.29 is 9.84 Å². The number of aliphatic hydroxyl groups is 1. The molecule has 1 N–H and O–H groups in total. The highest BCUT2D eigenvalue weighted by atomic mass is 79.9. The Hall–Kier alpha value is 0.400. The van der Waals surface area contributed by atoms with Crippen LogP contribution in [0.3, 0.4) is 0 Å². The lowest BCUT2D eigenvalue weighted by Gasteiger charge is -2.03. The van der Waals surface area contributed by atoms with E-state index >= 15 is 0 Å². The maximum atomic E-state index is 9.17. The largest absolute Gasteiger partial charge is 0.392 e.